The zero-order valence-corrected chi connectivity index (χ0v) is 10.2. The van der Waals surface area contributed by atoms with Crippen LogP contribution in [0.4, 0.5) is 0 Å². The fraction of sp³-hybridized carbons (Fsp3) is 0.538. The standard InChI is InChI=1S/C13H19NO2/c1-9-4-11-12(16-8-15-11)5-10(9)6-13(2,3)7-14/h4-5H,6-8,14H2,1-3H3. The van der Waals surface area contributed by atoms with Crippen LogP contribution in [-0.2, 0) is 6.42 Å². The molecule has 0 radical (unpaired) electrons. The Morgan fingerprint density at radius 2 is 1.88 bits per heavy atom. The highest BCUT2D eigenvalue weighted by atomic mass is 16.7. The van der Waals surface area contributed by atoms with Crippen LogP contribution in [0, 0.1) is 12.3 Å². The van der Waals surface area contributed by atoms with Crippen LogP contribution in [-0.4, -0.2) is 13.3 Å². The number of ether oxygens (including phenoxy) is 2. The summed E-state index contributed by atoms with van der Waals surface area (Å²) in [6.07, 6.45) is 0.964. The molecule has 1 aromatic carbocycles. The van der Waals surface area contributed by atoms with E-state index in [4.69, 9.17) is 15.2 Å². The van der Waals surface area contributed by atoms with E-state index in [1.54, 1.807) is 0 Å². The minimum atomic E-state index is 0.123. The van der Waals surface area contributed by atoms with E-state index in [0.29, 0.717) is 13.3 Å². The SMILES string of the molecule is Cc1cc2c(cc1CC(C)(C)CN)OCO2. The summed E-state index contributed by atoms with van der Waals surface area (Å²) in [4.78, 5) is 0. The number of hydrogen-bond donors (Lipinski definition) is 1. The zero-order chi connectivity index (χ0) is 11.8. The summed E-state index contributed by atoms with van der Waals surface area (Å²) in [7, 11) is 0. The Labute approximate surface area is 96.5 Å². The summed E-state index contributed by atoms with van der Waals surface area (Å²) in [5.41, 5.74) is 8.42. The van der Waals surface area contributed by atoms with Gasteiger partial charge < -0.3 is 15.2 Å². The zero-order valence-electron chi connectivity index (χ0n) is 10.2. The molecule has 2 rings (SSSR count). The minimum absolute atomic E-state index is 0.123. The molecule has 0 bridgehead atoms. The maximum atomic E-state index is 5.76. The third-order valence-corrected chi connectivity index (χ3v) is 3.05. The van der Waals surface area contributed by atoms with Crippen molar-refractivity contribution in [1.82, 2.24) is 0 Å². The number of nitrogens with two attached hydrogens (primary N) is 1. The molecule has 0 fully saturated rings. The third kappa shape index (κ3) is 2.14. The monoisotopic (exact) mass is 221 g/mol. The second kappa shape index (κ2) is 3.98. The second-order valence-electron chi connectivity index (χ2n) is 5.18. The largest absolute Gasteiger partial charge is 0.454 e. The van der Waals surface area contributed by atoms with E-state index in [2.05, 4.69) is 26.8 Å². The van der Waals surface area contributed by atoms with Crippen molar-refractivity contribution < 1.29 is 9.47 Å². The fourth-order valence-corrected chi connectivity index (χ4v) is 1.86. The summed E-state index contributed by atoms with van der Waals surface area (Å²) < 4.78 is 10.7. The van der Waals surface area contributed by atoms with Crippen LogP contribution in [0.3, 0.4) is 0 Å². The molecule has 0 aliphatic carbocycles. The number of fused-ring (bicyclic) bond motifs is 1. The van der Waals surface area contributed by atoms with Gasteiger partial charge in [-0.15, -0.1) is 0 Å². The molecule has 16 heavy (non-hydrogen) atoms. The lowest BCUT2D eigenvalue weighted by atomic mass is 9.84. The fourth-order valence-electron chi connectivity index (χ4n) is 1.86. The summed E-state index contributed by atoms with van der Waals surface area (Å²) >= 11 is 0. The predicted octanol–water partition coefficient (Wildman–Crippen LogP) is 2.25. The van der Waals surface area contributed by atoms with Crippen molar-refractivity contribution >= 4 is 0 Å². The van der Waals surface area contributed by atoms with Crippen molar-refractivity contribution in [3.8, 4) is 11.5 Å². The molecule has 0 unspecified atom stereocenters. The Kier molecular flexibility index (Phi) is 2.80. The van der Waals surface area contributed by atoms with Crippen molar-refractivity contribution in [2.24, 2.45) is 11.1 Å². The maximum absolute atomic E-state index is 5.76. The van der Waals surface area contributed by atoms with Gasteiger partial charge in [0.2, 0.25) is 6.79 Å². The van der Waals surface area contributed by atoms with Gasteiger partial charge in [-0.3, -0.25) is 0 Å². The van der Waals surface area contributed by atoms with E-state index < -0.39 is 0 Å². The lowest BCUT2D eigenvalue weighted by molar-refractivity contribution is 0.174. The molecule has 0 aromatic heterocycles. The van der Waals surface area contributed by atoms with Gasteiger partial charge in [-0.2, -0.15) is 0 Å². The molecule has 1 aliphatic rings. The first-order valence-corrected chi connectivity index (χ1v) is 5.61. The maximum Gasteiger partial charge on any atom is 0.231 e. The number of aryl methyl sites for hydroxylation is 1. The van der Waals surface area contributed by atoms with Gasteiger partial charge in [0.25, 0.3) is 0 Å². The van der Waals surface area contributed by atoms with Gasteiger partial charge in [0, 0.05) is 0 Å². The number of hydrogen-bond acceptors (Lipinski definition) is 3. The van der Waals surface area contributed by atoms with Gasteiger partial charge in [-0.25, -0.2) is 0 Å². The Balaban J connectivity index is 2.28. The van der Waals surface area contributed by atoms with Crippen LogP contribution in [0.2, 0.25) is 0 Å². The topological polar surface area (TPSA) is 44.5 Å². The molecule has 88 valence electrons. The second-order valence-corrected chi connectivity index (χ2v) is 5.18. The minimum Gasteiger partial charge on any atom is -0.454 e. The van der Waals surface area contributed by atoms with Gasteiger partial charge in [0.05, 0.1) is 0 Å². The first kappa shape index (κ1) is 11.3. The molecule has 2 N–H and O–H groups in total. The quantitative estimate of drug-likeness (QED) is 0.851. The summed E-state index contributed by atoms with van der Waals surface area (Å²) in [5, 5.41) is 0. The van der Waals surface area contributed by atoms with E-state index in [1.165, 1.54) is 11.1 Å². The van der Waals surface area contributed by atoms with Crippen molar-refractivity contribution in [3.63, 3.8) is 0 Å². The van der Waals surface area contributed by atoms with E-state index >= 15 is 0 Å². The molecule has 0 spiro atoms. The van der Waals surface area contributed by atoms with Gasteiger partial charge in [-0.05, 0) is 48.6 Å². The van der Waals surface area contributed by atoms with Crippen LogP contribution in [0.25, 0.3) is 0 Å². The Bertz CT molecular complexity index is 399. The molecule has 3 nitrogen and oxygen atoms in total. The summed E-state index contributed by atoms with van der Waals surface area (Å²) in [6, 6.07) is 4.12. The van der Waals surface area contributed by atoms with Gasteiger partial charge in [-0.1, -0.05) is 13.8 Å². The van der Waals surface area contributed by atoms with Crippen molar-refractivity contribution in [3.05, 3.63) is 23.3 Å². The highest BCUT2D eigenvalue weighted by Gasteiger charge is 2.21. The summed E-state index contributed by atoms with van der Waals surface area (Å²) in [6.45, 7) is 7.47. The average molecular weight is 221 g/mol. The van der Waals surface area contributed by atoms with Gasteiger partial charge in [0.15, 0.2) is 11.5 Å². The Morgan fingerprint density at radius 3 is 2.50 bits per heavy atom. The highest BCUT2D eigenvalue weighted by molar-refractivity contribution is 5.48. The molecule has 0 amide bonds. The first-order chi connectivity index (χ1) is 7.52. The number of rotatable bonds is 3. The molecule has 3 heteroatoms. The van der Waals surface area contributed by atoms with Crippen LogP contribution < -0.4 is 15.2 Å². The van der Waals surface area contributed by atoms with Gasteiger partial charge in [0.1, 0.15) is 0 Å². The van der Waals surface area contributed by atoms with Crippen molar-refractivity contribution in [1.29, 1.82) is 0 Å². The van der Waals surface area contributed by atoms with Crippen molar-refractivity contribution in [2.75, 3.05) is 13.3 Å². The highest BCUT2D eigenvalue weighted by Crippen LogP contribution is 2.36. The molecular weight excluding hydrogens is 202 g/mol. The summed E-state index contributed by atoms with van der Waals surface area (Å²) in [5.74, 6) is 1.71. The van der Waals surface area contributed by atoms with E-state index in [-0.39, 0.29) is 5.41 Å². The van der Waals surface area contributed by atoms with E-state index in [0.717, 1.165) is 17.9 Å². The first-order valence-electron chi connectivity index (χ1n) is 5.61. The normalized spacial score (nSPS) is 14.2. The van der Waals surface area contributed by atoms with Crippen LogP contribution in [0.15, 0.2) is 12.1 Å². The molecule has 1 aliphatic heterocycles. The molecule has 1 aromatic rings. The predicted molar refractivity (Wildman–Crippen MR) is 63.8 cm³/mol. The molecular formula is C13H19NO2. The van der Waals surface area contributed by atoms with Crippen LogP contribution in [0.1, 0.15) is 25.0 Å². The van der Waals surface area contributed by atoms with Crippen LogP contribution >= 0.6 is 0 Å². The Hall–Kier alpha value is -1.22. The molecule has 0 saturated carbocycles. The molecule has 0 saturated heterocycles. The van der Waals surface area contributed by atoms with Gasteiger partial charge >= 0.3 is 0 Å². The lowest BCUT2D eigenvalue weighted by Gasteiger charge is -2.23. The smallest absolute Gasteiger partial charge is 0.231 e. The average Bonchev–Trinajstić information content (AvgIpc) is 2.65. The molecule has 1 heterocycles. The third-order valence-electron chi connectivity index (χ3n) is 3.05. The molecule has 0 atom stereocenters. The number of benzene rings is 1. The van der Waals surface area contributed by atoms with Crippen LogP contribution in [0.5, 0.6) is 11.5 Å². The van der Waals surface area contributed by atoms with E-state index in [1.807, 2.05) is 6.07 Å². The van der Waals surface area contributed by atoms with E-state index in [9.17, 15) is 0 Å². The Morgan fingerprint density at radius 1 is 1.25 bits per heavy atom. The lowest BCUT2D eigenvalue weighted by Crippen LogP contribution is -2.26. The van der Waals surface area contributed by atoms with Crippen molar-refractivity contribution in [2.45, 2.75) is 27.2 Å².